The van der Waals surface area contributed by atoms with Gasteiger partial charge >= 0.3 is 0 Å². The molecule has 1 aliphatic carbocycles. The van der Waals surface area contributed by atoms with E-state index in [9.17, 15) is 0 Å². The third-order valence-electron chi connectivity index (χ3n) is 5.17. The van der Waals surface area contributed by atoms with E-state index in [0.29, 0.717) is 6.04 Å². The molecule has 2 rings (SSSR count). The summed E-state index contributed by atoms with van der Waals surface area (Å²) in [4.78, 5) is 2.70. The molecule has 0 amide bonds. The fraction of sp³-hybridized carbons (Fsp3) is 1.00. The predicted molar refractivity (Wildman–Crippen MR) is 73.9 cm³/mol. The maximum atomic E-state index is 6.04. The first-order valence-corrected chi connectivity index (χ1v) is 7.66. The largest absolute Gasteiger partial charge is 0.329 e. The van der Waals surface area contributed by atoms with E-state index in [2.05, 4.69) is 18.7 Å². The molecule has 0 bridgehead atoms. The van der Waals surface area contributed by atoms with E-state index in [4.69, 9.17) is 5.73 Å². The maximum absolute atomic E-state index is 6.04. The fourth-order valence-electron chi connectivity index (χ4n) is 3.90. The fourth-order valence-corrected chi connectivity index (χ4v) is 3.90. The van der Waals surface area contributed by atoms with Crippen LogP contribution in [-0.4, -0.2) is 30.6 Å². The molecule has 17 heavy (non-hydrogen) atoms. The van der Waals surface area contributed by atoms with Gasteiger partial charge in [-0.1, -0.05) is 26.7 Å². The lowest BCUT2D eigenvalue weighted by Crippen LogP contribution is -2.49. The van der Waals surface area contributed by atoms with Crippen molar-refractivity contribution in [2.24, 2.45) is 23.5 Å². The Morgan fingerprint density at radius 2 is 1.59 bits per heavy atom. The van der Waals surface area contributed by atoms with E-state index in [1.807, 2.05) is 0 Å². The van der Waals surface area contributed by atoms with Crippen molar-refractivity contribution >= 4 is 0 Å². The Hall–Kier alpha value is -0.0800. The van der Waals surface area contributed by atoms with Crippen LogP contribution in [0.2, 0.25) is 0 Å². The van der Waals surface area contributed by atoms with Crippen molar-refractivity contribution in [1.82, 2.24) is 4.90 Å². The maximum Gasteiger partial charge on any atom is 0.0246 e. The minimum Gasteiger partial charge on any atom is -0.329 e. The molecule has 1 saturated carbocycles. The lowest BCUT2D eigenvalue weighted by Gasteiger charge is -2.40. The van der Waals surface area contributed by atoms with Crippen LogP contribution in [0.4, 0.5) is 0 Å². The van der Waals surface area contributed by atoms with Crippen molar-refractivity contribution in [3.05, 3.63) is 0 Å². The average Bonchev–Trinajstić information content (AvgIpc) is 2.84. The molecule has 0 radical (unpaired) electrons. The summed E-state index contributed by atoms with van der Waals surface area (Å²) in [5, 5.41) is 0. The van der Waals surface area contributed by atoms with Crippen LogP contribution in [0.1, 0.15) is 52.4 Å². The Morgan fingerprint density at radius 1 is 1.00 bits per heavy atom. The van der Waals surface area contributed by atoms with Gasteiger partial charge in [0.05, 0.1) is 0 Å². The Labute approximate surface area is 107 Å². The number of piperidine rings is 1. The van der Waals surface area contributed by atoms with Crippen LogP contribution in [0.5, 0.6) is 0 Å². The Morgan fingerprint density at radius 3 is 2.06 bits per heavy atom. The zero-order valence-corrected chi connectivity index (χ0v) is 11.7. The summed E-state index contributed by atoms with van der Waals surface area (Å²) in [7, 11) is 0. The van der Waals surface area contributed by atoms with Crippen LogP contribution < -0.4 is 5.73 Å². The van der Waals surface area contributed by atoms with Crippen molar-refractivity contribution in [1.29, 1.82) is 0 Å². The molecule has 0 spiro atoms. The predicted octanol–water partition coefficient (Wildman–Crippen LogP) is 2.87. The van der Waals surface area contributed by atoms with Gasteiger partial charge in [0.2, 0.25) is 0 Å². The molecule has 0 aromatic heterocycles. The molecule has 1 heterocycles. The van der Waals surface area contributed by atoms with Crippen LogP contribution in [0.3, 0.4) is 0 Å². The number of nitrogens with two attached hydrogens (primary N) is 1. The van der Waals surface area contributed by atoms with Crippen LogP contribution in [0, 0.1) is 17.8 Å². The molecule has 1 saturated heterocycles. The van der Waals surface area contributed by atoms with Gasteiger partial charge in [-0.3, -0.25) is 4.90 Å². The Balaban J connectivity index is 1.85. The highest BCUT2D eigenvalue weighted by atomic mass is 15.2. The van der Waals surface area contributed by atoms with E-state index < -0.39 is 0 Å². The van der Waals surface area contributed by atoms with E-state index in [1.54, 1.807) is 0 Å². The number of hydrogen-bond donors (Lipinski definition) is 1. The molecule has 2 nitrogen and oxygen atoms in total. The zero-order valence-electron chi connectivity index (χ0n) is 11.7. The molecular weight excluding hydrogens is 208 g/mol. The van der Waals surface area contributed by atoms with Crippen molar-refractivity contribution in [3.8, 4) is 0 Å². The quantitative estimate of drug-likeness (QED) is 0.816. The highest BCUT2D eigenvalue weighted by molar-refractivity contribution is 4.86. The van der Waals surface area contributed by atoms with Crippen molar-refractivity contribution in [2.45, 2.75) is 58.4 Å². The highest BCUT2D eigenvalue weighted by Gasteiger charge is 2.31. The van der Waals surface area contributed by atoms with Gasteiger partial charge in [0, 0.05) is 12.6 Å². The number of likely N-dealkylation sites (tertiary alicyclic amines) is 1. The summed E-state index contributed by atoms with van der Waals surface area (Å²) in [6, 6.07) is 0.686. The number of nitrogens with zero attached hydrogens (tertiary/aromatic N) is 1. The smallest absolute Gasteiger partial charge is 0.0246 e. The second kappa shape index (κ2) is 6.19. The Kier molecular flexibility index (Phi) is 4.87. The monoisotopic (exact) mass is 238 g/mol. The normalized spacial score (nSPS) is 26.8. The second-order valence-corrected chi connectivity index (χ2v) is 6.47. The molecule has 0 aromatic carbocycles. The van der Waals surface area contributed by atoms with E-state index in [0.717, 1.165) is 24.3 Å². The summed E-state index contributed by atoms with van der Waals surface area (Å²) in [6.07, 6.45) is 8.49. The van der Waals surface area contributed by atoms with Crippen LogP contribution in [0.15, 0.2) is 0 Å². The lowest BCUT2D eigenvalue weighted by molar-refractivity contribution is 0.0872. The first kappa shape index (κ1) is 13.4. The van der Waals surface area contributed by atoms with Crippen LogP contribution in [0.25, 0.3) is 0 Å². The molecule has 100 valence electrons. The summed E-state index contributed by atoms with van der Waals surface area (Å²) < 4.78 is 0. The number of hydrogen-bond acceptors (Lipinski definition) is 2. The van der Waals surface area contributed by atoms with Gasteiger partial charge in [-0.15, -0.1) is 0 Å². The molecule has 1 atom stereocenters. The molecule has 2 N–H and O–H groups in total. The Bertz CT molecular complexity index is 213. The van der Waals surface area contributed by atoms with Crippen molar-refractivity contribution in [3.63, 3.8) is 0 Å². The zero-order chi connectivity index (χ0) is 12.3. The summed E-state index contributed by atoms with van der Waals surface area (Å²) in [5.41, 5.74) is 6.04. The van der Waals surface area contributed by atoms with Gasteiger partial charge in [-0.05, 0) is 56.5 Å². The highest BCUT2D eigenvalue weighted by Crippen LogP contribution is 2.33. The standard InChI is InChI=1S/C15H30N2/c1-12(2)13-7-9-17(10-8-13)15(11-16)14-5-3-4-6-14/h12-15H,3-11,16H2,1-2H3. The minimum atomic E-state index is 0.686. The molecule has 1 aliphatic heterocycles. The molecule has 2 heteroatoms. The molecule has 1 unspecified atom stereocenters. The van der Waals surface area contributed by atoms with Crippen molar-refractivity contribution < 1.29 is 0 Å². The van der Waals surface area contributed by atoms with E-state index in [1.165, 1.54) is 51.6 Å². The molecule has 2 aliphatic rings. The van der Waals surface area contributed by atoms with Crippen LogP contribution >= 0.6 is 0 Å². The van der Waals surface area contributed by atoms with Crippen molar-refractivity contribution in [2.75, 3.05) is 19.6 Å². The SMILES string of the molecule is CC(C)C1CCN(C(CN)C2CCCC2)CC1. The molecule has 0 aromatic rings. The first-order valence-electron chi connectivity index (χ1n) is 7.66. The lowest BCUT2D eigenvalue weighted by atomic mass is 9.85. The van der Waals surface area contributed by atoms with Gasteiger partial charge in [0.15, 0.2) is 0 Å². The van der Waals surface area contributed by atoms with Crippen LogP contribution in [-0.2, 0) is 0 Å². The van der Waals surface area contributed by atoms with Gasteiger partial charge in [0.25, 0.3) is 0 Å². The second-order valence-electron chi connectivity index (χ2n) is 6.47. The number of rotatable bonds is 4. The summed E-state index contributed by atoms with van der Waals surface area (Å²) in [6.45, 7) is 8.20. The van der Waals surface area contributed by atoms with Gasteiger partial charge in [-0.25, -0.2) is 0 Å². The topological polar surface area (TPSA) is 29.3 Å². The van der Waals surface area contributed by atoms with Gasteiger partial charge in [-0.2, -0.15) is 0 Å². The summed E-state index contributed by atoms with van der Waals surface area (Å²) in [5.74, 6) is 2.71. The van der Waals surface area contributed by atoms with Gasteiger partial charge in [0.1, 0.15) is 0 Å². The first-order chi connectivity index (χ1) is 8.22. The molecular formula is C15H30N2. The summed E-state index contributed by atoms with van der Waals surface area (Å²) >= 11 is 0. The molecule has 2 fully saturated rings. The minimum absolute atomic E-state index is 0.686. The average molecular weight is 238 g/mol. The van der Waals surface area contributed by atoms with E-state index in [-0.39, 0.29) is 0 Å². The third-order valence-corrected chi connectivity index (χ3v) is 5.17. The van der Waals surface area contributed by atoms with Gasteiger partial charge < -0.3 is 5.73 Å². The van der Waals surface area contributed by atoms with E-state index >= 15 is 0 Å². The third kappa shape index (κ3) is 3.23.